The fourth-order valence-electron chi connectivity index (χ4n) is 6.64. The van der Waals surface area contributed by atoms with Crippen LogP contribution in [0.25, 0.3) is 0 Å². The Morgan fingerprint density at radius 2 is 1.56 bits per heavy atom. The predicted octanol–water partition coefficient (Wildman–Crippen LogP) is 5.54. The number of amides is 1. The Labute approximate surface area is 204 Å². The first-order valence-corrected chi connectivity index (χ1v) is 13.3. The van der Waals surface area contributed by atoms with Gasteiger partial charge in [-0.3, -0.25) is 9.59 Å². The Kier molecular flexibility index (Phi) is 6.87. The molecule has 2 aromatic carbocycles. The Bertz CT molecular complexity index is 1000. The van der Waals surface area contributed by atoms with E-state index in [4.69, 9.17) is 0 Å². The molecule has 1 unspecified atom stereocenters. The molecule has 2 aliphatic heterocycles. The number of likely N-dealkylation sites (tertiary alicyclic amines) is 1. The maximum atomic E-state index is 13.8. The van der Waals surface area contributed by atoms with E-state index in [-0.39, 0.29) is 23.2 Å². The predicted molar refractivity (Wildman–Crippen MR) is 137 cm³/mol. The molecule has 1 amide bonds. The van der Waals surface area contributed by atoms with Crippen LogP contribution in [0, 0.1) is 5.92 Å². The minimum Gasteiger partial charge on any atom is -0.308 e. The summed E-state index contributed by atoms with van der Waals surface area (Å²) in [5.41, 5.74) is 3.23. The SMILES string of the molecule is CC(=O)C1(c2ccccc2)CCN(CC2CCc3ccccc3N2C(=O)C2CCCCC2)CC1. The number of hydrogen-bond donors (Lipinski definition) is 0. The van der Waals surface area contributed by atoms with E-state index in [9.17, 15) is 9.59 Å². The van der Waals surface area contributed by atoms with E-state index in [0.29, 0.717) is 5.91 Å². The number of fused-ring (bicyclic) bond motifs is 1. The van der Waals surface area contributed by atoms with Crippen molar-refractivity contribution in [3.05, 3.63) is 65.7 Å². The fourth-order valence-corrected chi connectivity index (χ4v) is 6.64. The number of nitrogens with zero attached hydrogens (tertiary/aromatic N) is 2. The molecule has 0 spiro atoms. The van der Waals surface area contributed by atoms with Gasteiger partial charge in [-0.25, -0.2) is 0 Å². The van der Waals surface area contributed by atoms with Crippen molar-refractivity contribution >= 4 is 17.4 Å². The van der Waals surface area contributed by atoms with Gasteiger partial charge in [0.05, 0.1) is 5.41 Å². The molecule has 2 aromatic rings. The lowest BCUT2D eigenvalue weighted by Crippen LogP contribution is -2.54. The van der Waals surface area contributed by atoms with Gasteiger partial charge in [0, 0.05) is 24.2 Å². The van der Waals surface area contributed by atoms with E-state index in [1.54, 1.807) is 6.92 Å². The summed E-state index contributed by atoms with van der Waals surface area (Å²) in [6.07, 6.45) is 9.44. The molecule has 1 saturated heterocycles. The average molecular weight is 459 g/mol. The maximum Gasteiger partial charge on any atom is 0.230 e. The highest BCUT2D eigenvalue weighted by atomic mass is 16.2. The van der Waals surface area contributed by atoms with E-state index in [0.717, 1.165) is 69.4 Å². The number of para-hydroxylation sites is 1. The number of anilines is 1. The number of hydrogen-bond acceptors (Lipinski definition) is 3. The van der Waals surface area contributed by atoms with Crippen molar-refractivity contribution in [1.29, 1.82) is 0 Å². The van der Waals surface area contributed by atoms with Gasteiger partial charge >= 0.3 is 0 Å². The monoisotopic (exact) mass is 458 g/mol. The molecule has 4 nitrogen and oxygen atoms in total. The topological polar surface area (TPSA) is 40.6 Å². The number of piperidine rings is 1. The molecule has 1 saturated carbocycles. The number of benzene rings is 2. The second-order valence-corrected chi connectivity index (χ2v) is 10.7. The summed E-state index contributed by atoms with van der Waals surface area (Å²) < 4.78 is 0. The Morgan fingerprint density at radius 3 is 2.26 bits per heavy atom. The Morgan fingerprint density at radius 1 is 0.882 bits per heavy atom. The van der Waals surface area contributed by atoms with Crippen molar-refractivity contribution < 1.29 is 9.59 Å². The van der Waals surface area contributed by atoms with Crippen molar-refractivity contribution in [3.8, 4) is 0 Å². The first kappa shape index (κ1) is 23.3. The Balaban J connectivity index is 1.33. The van der Waals surface area contributed by atoms with Gasteiger partial charge in [-0.05, 0) is 75.7 Å². The summed E-state index contributed by atoms with van der Waals surface area (Å²) in [6, 6.07) is 19.0. The highest BCUT2D eigenvalue weighted by Gasteiger charge is 2.42. The minimum atomic E-state index is -0.367. The molecule has 0 aromatic heterocycles. The smallest absolute Gasteiger partial charge is 0.230 e. The number of aryl methyl sites for hydroxylation is 1. The third-order valence-corrected chi connectivity index (χ3v) is 8.73. The van der Waals surface area contributed by atoms with Crippen LogP contribution in [0.15, 0.2) is 54.6 Å². The zero-order valence-corrected chi connectivity index (χ0v) is 20.5. The molecule has 1 atom stereocenters. The molecule has 2 heterocycles. The maximum absolute atomic E-state index is 13.8. The van der Waals surface area contributed by atoms with E-state index in [1.807, 2.05) is 18.2 Å². The lowest BCUT2D eigenvalue weighted by Gasteiger charge is -2.45. The number of ketones is 1. The average Bonchev–Trinajstić information content (AvgIpc) is 2.89. The lowest BCUT2D eigenvalue weighted by molar-refractivity contribution is -0.124. The first-order chi connectivity index (χ1) is 16.6. The van der Waals surface area contributed by atoms with Crippen LogP contribution in [0.4, 0.5) is 5.69 Å². The van der Waals surface area contributed by atoms with Gasteiger partial charge in [-0.1, -0.05) is 67.8 Å². The molecule has 1 aliphatic carbocycles. The molecule has 4 heteroatoms. The van der Waals surface area contributed by atoms with Crippen LogP contribution in [0.5, 0.6) is 0 Å². The molecule has 0 N–H and O–H groups in total. The minimum absolute atomic E-state index is 0.173. The molecular weight excluding hydrogens is 420 g/mol. The highest BCUT2D eigenvalue weighted by molar-refractivity contribution is 5.97. The standard InChI is InChI=1S/C30H38N2O2/c1-23(33)30(26-13-6-3-7-14-26)18-20-31(21-19-30)22-27-17-16-24-10-8-9-15-28(24)32(27)29(34)25-11-4-2-5-12-25/h3,6-10,13-15,25,27H,2,4-5,11-12,16-22H2,1H3. The van der Waals surface area contributed by atoms with Crippen LogP contribution in [0.1, 0.15) is 69.4 Å². The van der Waals surface area contributed by atoms with Crippen LogP contribution in [-0.2, 0) is 21.4 Å². The fraction of sp³-hybridized carbons (Fsp3) is 0.533. The third-order valence-electron chi connectivity index (χ3n) is 8.73. The number of carbonyl (C=O) groups is 2. The molecule has 2 fully saturated rings. The third kappa shape index (κ3) is 4.45. The van der Waals surface area contributed by atoms with Crippen molar-refractivity contribution in [1.82, 2.24) is 4.90 Å². The number of carbonyl (C=O) groups excluding carboxylic acids is 2. The zero-order valence-electron chi connectivity index (χ0n) is 20.5. The largest absolute Gasteiger partial charge is 0.308 e. The molecule has 34 heavy (non-hydrogen) atoms. The van der Waals surface area contributed by atoms with E-state index < -0.39 is 0 Å². The summed E-state index contributed by atoms with van der Waals surface area (Å²) in [4.78, 5) is 31.3. The Hall–Kier alpha value is -2.46. The second kappa shape index (κ2) is 10.0. The molecule has 0 radical (unpaired) electrons. The molecule has 3 aliphatic rings. The molecular formula is C30H38N2O2. The normalized spacial score (nSPS) is 23.3. The van der Waals surface area contributed by atoms with Crippen LogP contribution in [0.3, 0.4) is 0 Å². The van der Waals surface area contributed by atoms with Gasteiger partial charge in [-0.15, -0.1) is 0 Å². The molecule has 5 rings (SSSR count). The molecule has 0 bridgehead atoms. The highest BCUT2D eigenvalue weighted by Crippen LogP contribution is 2.38. The van der Waals surface area contributed by atoms with Crippen LogP contribution >= 0.6 is 0 Å². The van der Waals surface area contributed by atoms with Gasteiger partial charge < -0.3 is 9.80 Å². The van der Waals surface area contributed by atoms with Crippen LogP contribution < -0.4 is 4.90 Å². The summed E-state index contributed by atoms with van der Waals surface area (Å²) in [5.74, 6) is 0.794. The van der Waals surface area contributed by atoms with Gasteiger partial charge in [-0.2, -0.15) is 0 Å². The van der Waals surface area contributed by atoms with E-state index in [2.05, 4.69) is 46.2 Å². The second-order valence-electron chi connectivity index (χ2n) is 10.7. The van der Waals surface area contributed by atoms with Crippen molar-refractivity contribution in [3.63, 3.8) is 0 Å². The van der Waals surface area contributed by atoms with Crippen molar-refractivity contribution in [2.24, 2.45) is 5.92 Å². The van der Waals surface area contributed by atoms with Crippen LogP contribution in [0.2, 0.25) is 0 Å². The van der Waals surface area contributed by atoms with Gasteiger partial charge in [0.25, 0.3) is 0 Å². The quantitative estimate of drug-likeness (QED) is 0.591. The van der Waals surface area contributed by atoms with Crippen molar-refractivity contribution in [2.75, 3.05) is 24.5 Å². The lowest BCUT2D eigenvalue weighted by atomic mass is 9.70. The summed E-state index contributed by atoms with van der Waals surface area (Å²) in [7, 11) is 0. The zero-order chi connectivity index (χ0) is 23.5. The summed E-state index contributed by atoms with van der Waals surface area (Å²) >= 11 is 0. The van der Waals surface area contributed by atoms with E-state index >= 15 is 0 Å². The van der Waals surface area contributed by atoms with E-state index in [1.165, 1.54) is 24.8 Å². The van der Waals surface area contributed by atoms with Gasteiger partial charge in [0.15, 0.2) is 0 Å². The molecule has 180 valence electrons. The first-order valence-electron chi connectivity index (χ1n) is 13.3. The van der Waals surface area contributed by atoms with Crippen molar-refractivity contribution in [2.45, 2.75) is 76.2 Å². The van der Waals surface area contributed by atoms with Gasteiger partial charge in [0.2, 0.25) is 5.91 Å². The van der Waals surface area contributed by atoms with Gasteiger partial charge in [0.1, 0.15) is 5.78 Å². The van der Waals surface area contributed by atoms with Crippen LogP contribution in [-0.4, -0.2) is 42.3 Å². The summed E-state index contributed by atoms with van der Waals surface area (Å²) in [5, 5.41) is 0. The number of Topliss-reactive ketones (excluding diaryl/α,β-unsaturated/α-hetero) is 1. The number of rotatable bonds is 5. The summed E-state index contributed by atoms with van der Waals surface area (Å²) in [6.45, 7) is 4.46.